The maximum absolute atomic E-state index is 12.9. The number of aliphatic hydroxyl groups is 1. The normalized spacial score (nSPS) is 14.0. The second-order valence-electron chi connectivity index (χ2n) is 19.4. The lowest BCUT2D eigenvalue weighted by Gasteiger charge is -2.21. The van der Waals surface area contributed by atoms with Crippen molar-refractivity contribution >= 4 is 25.7 Å². The van der Waals surface area contributed by atoms with E-state index in [0.29, 0.717) is 25.7 Å². The van der Waals surface area contributed by atoms with E-state index >= 15 is 0 Å². The topological polar surface area (TPSA) is 155 Å². The Bertz CT molecular complexity index is 1560. The average Bonchev–Trinajstić information content (AvgIpc) is 3.39. The molecule has 11 nitrogen and oxygen atoms in total. The smallest absolute Gasteiger partial charge is 0.462 e. The molecule has 0 spiro atoms. The molecule has 3 atom stereocenters. The molecule has 0 aliphatic heterocycles. The van der Waals surface area contributed by atoms with Crippen LogP contribution in [0.5, 0.6) is 0 Å². The second-order valence-corrected chi connectivity index (χ2v) is 20.9. The highest BCUT2D eigenvalue weighted by Gasteiger charge is 2.28. The van der Waals surface area contributed by atoms with Crippen LogP contribution < -0.4 is 0 Å². The van der Waals surface area contributed by atoms with Crippen LogP contribution in [0.1, 0.15) is 252 Å². The zero-order valence-electron chi connectivity index (χ0n) is 47.0. The number of carbonyl (C=O) groups excluding carboxylic acids is 3. The number of esters is 3. The third-order valence-corrected chi connectivity index (χ3v) is 13.3. The van der Waals surface area contributed by atoms with Crippen LogP contribution in [0.2, 0.25) is 0 Å². The maximum atomic E-state index is 12.9. The van der Waals surface area contributed by atoms with Crippen LogP contribution in [0.15, 0.2) is 85.1 Å². The molecule has 0 bridgehead atoms. The van der Waals surface area contributed by atoms with Crippen molar-refractivity contribution in [2.45, 2.75) is 264 Å². The lowest BCUT2D eigenvalue weighted by atomic mass is 10.0. The molecular weight excluding hydrogens is 952 g/mol. The Hall–Kier alpha value is -3.34. The fourth-order valence-corrected chi connectivity index (χ4v) is 8.62. The molecule has 2 N–H and O–H groups in total. The van der Waals surface area contributed by atoms with Crippen LogP contribution in [0.3, 0.4) is 0 Å². The lowest BCUT2D eigenvalue weighted by molar-refractivity contribution is -0.161. The quantitative estimate of drug-likeness (QED) is 0.0197. The Kier molecular flexibility index (Phi) is 53.4. The molecule has 12 heteroatoms. The Morgan fingerprint density at radius 1 is 0.392 bits per heavy atom. The van der Waals surface area contributed by atoms with Crippen molar-refractivity contribution in [3.8, 4) is 0 Å². The molecule has 74 heavy (non-hydrogen) atoms. The van der Waals surface area contributed by atoms with E-state index in [1.54, 1.807) is 0 Å². The van der Waals surface area contributed by atoms with Gasteiger partial charge in [0, 0.05) is 19.3 Å². The molecule has 0 rings (SSSR count). The molecule has 0 saturated carbocycles. The van der Waals surface area contributed by atoms with Gasteiger partial charge in [-0.05, 0) is 89.9 Å². The molecule has 3 unspecified atom stereocenters. The van der Waals surface area contributed by atoms with Crippen LogP contribution in [0.4, 0.5) is 0 Å². The zero-order chi connectivity index (χ0) is 54.1. The van der Waals surface area contributed by atoms with Crippen molar-refractivity contribution in [2.24, 2.45) is 0 Å². The molecular formula is C62H107O11P. The largest absolute Gasteiger partial charge is 0.472 e. The number of rotatable bonds is 54. The predicted molar refractivity (Wildman–Crippen MR) is 307 cm³/mol. The molecule has 0 aromatic rings. The van der Waals surface area contributed by atoms with Crippen molar-refractivity contribution < 1.29 is 52.2 Å². The summed E-state index contributed by atoms with van der Waals surface area (Å²) < 4.78 is 39.5. The van der Waals surface area contributed by atoms with Crippen molar-refractivity contribution in [3.63, 3.8) is 0 Å². The number of hydrogen-bond donors (Lipinski definition) is 2. The summed E-state index contributed by atoms with van der Waals surface area (Å²) in [4.78, 5) is 48.5. The van der Waals surface area contributed by atoms with Gasteiger partial charge in [-0.2, -0.15) is 0 Å². The van der Waals surface area contributed by atoms with Crippen LogP contribution in [0, 0.1) is 0 Å². The first kappa shape index (κ1) is 70.7. The number of ether oxygens (including phenoxy) is 3. The summed E-state index contributed by atoms with van der Waals surface area (Å²) in [6.45, 7) is 4.44. The molecule has 0 aliphatic carbocycles. The molecule has 0 heterocycles. The van der Waals surface area contributed by atoms with Gasteiger partial charge in [0.25, 0.3) is 0 Å². The Morgan fingerprint density at radius 3 is 1.16 bits per heavy atom. The predicted octanol–water partition coefficient (Wildman–Crippen LogP) is 17.5. The number of phosphoric acid groups is 1. The van der Waals surface area contributed by atoms with E-state index in [1.807, 2.05) is 12.2 Å². The highest BCUT2D eigenvalue weighted by atomic mass is 31.2. The highest BCUT2D eigenvalue weighted by Crippen LogP contribution is 2.43. The van der Waals surface area contributed by atoms with Gasteiger partial charge in [-0.15, -0.1) is 0 Å². The summed E-state index contributed by atoms with van der Waals surface area (Å²) in [5.74, 6) is -1.55. The van der Waals surface area contributed by atoms with Gasteiger partial charge in [0.2, 0.25) is 0 Å². The van der Waals surface area contributed by atoms with Crippen LogP contribution in [0.25, 0.3) is 0 Å². The highest BCUT2D eigenvalue weighted by molar-refractivity contribution is 7.47. The van der Waals surface area contributed by atoms with Crippen molar-refractivity contribution in [1.82, 2.24) is 0 Å². The Balaban J connectivity index is 4.81. The van der Waals surface area contributed by atoms with Gasteiger partial charge in [-0.25, -0.2) is 4.57 Å². The third kappa shape index (κ3) is 53.5. The van der Waals surface area contributed by atoms with E-state index in [-0.39, 0.29) is 25.9 Å². The average molecular weight is 1060 g/mol. The number of aliphatic hydroxyl groups excluding tert-OH is 1. The molecule has 0 aromatic heterocycles. The summed E-state index contributed by atoms with van der Waals surface area (Å²) in [5, 5.41) is 9.82. The van der Waals surface area contributed by atoms with Gasteiger partial charge >= 0.3 is 25.7 Å². The first-order valence-electron chi connectivity index (χ1n) is 29.5. The minimum absolute atomic E-state index is 0.0843. The van der Waals surface area contributed by atoms with E-state index in [1.165, 1.54) is 89.9 Å². The third-order valence-electron chi connectivity index (χ3n) is 12.3. The minimum Gasteiger partial charge on any atom is -0.462 e. The van der Waals surface area contributed by atoms with Gasteiger partial charge < -0.3 is 24.2 Å². The fourth-order valence-electron chi connectivity index (χ4n) is 7.83. The van der Waals surface area contributed by atoms with Gasteiger partial charge in [0.1, 0.15) is 12.7 Å². The summed E-state index contributed by atoms with van der Waals surface area (Å²) >= 11 is 0. The Labute approximate surface area is 451 Å². The van der Waals surface area contributed by atoms with E-state index in [2.05, 4.69) is 93.7 Å². The molecule has 0 aliphatic rings. The van der Waals surface area contributed by atoms with Crippen molar-refractivity contribution in [3.05, 3.63) is 85.1 Å². The van der Waals surface area contributed by atoms with E-state index in [4.69, 9.17) is 23.3 Å². The first-order valence-corrected chi connectivity index (χ1v) is 31.0. The summed E-state index contributed by atoms with van der Waals surface area (Å²) in [6.07, 6.45) is 64.0. The number of carbonyl (C=O) groups is 3. The summed E-state index contributed by atoms with van der Waals surface area (Å²) in [6, 6.07) is 0. The van der Waals surface area contributed by atoms with Gasteiger partial charge in [-0.1, -0.05) is 228 Å². The van der Waals surface area contributed by atoms with E-state index < -0.39 is 57.8 Å². The molecule has 0 saturated heterocycles. The fraction of sp³-hybridized carbons (Fsp3) is 0.726. The molecule has 0 amide bonds. The molecule has 0 fully saturated rings. The lowest BCUT2D eigenvalue weighted by Crippen LogP contribution is -2.30. The molecule has 426 valence electrons. The number of allylic oxidation sites excluding steroid dienone is 14. The number of unbranched alkanes of at least 4 members (excludes halogenated alkanes) is 23. The Morgan fingerprint density at radius 2 is 0.716 bits per heavy atom. The van der Waals surface area contributed by atoms with Crippen LogP contribution in [-0.4, -0.2) is 66.5 Å². The van der Waals surface area contributed by atoms with E-state index in [0.717, 1.165) is 96.3 Å². The minimum atomic E-state index is -4.77. The molecule has 0 radical (unpaired) electrons. The van der Waals surface area contributed by atoms with Crippen molar-refractivity contribution in [1.29, 1.82) is 0 Å². The number of hydrogen-bond acceptors (Lipinski definition) is 10. The first-order chi connectivity index (χ1) is 36.2. The van der Waals surface area contributed by atoms with Gasteiger partial charge in [0.15, 0.2) is 6.10 Å². The van der Waals surface area contributed by atoms with Crippen LogP contribution in [-0.2, 0) is 42.2 Å². The van der Waals surface area contributed by atoms with Crippen LogP contribution >= 0.6 is 7.82 Å². The van der Waals surface area contributed by atoms with Gasteiger partial charge in [0.05, 0.1) is 19.8 Å². The maximum Gasteiger partial charge on any atom is 0.472 e. The summed E-state index contributed by atoms with van der Waals surface area (Å²) in [5.41, 5.74) is 0. The van der Waals surface area contributed by atoms with E-state index in [9.17, 15) is 28.9 Å². The monoisotopic (exact) mass is 1060 g/mol. The molecule has 0 aromatic carbocycles. The second kappa shape index (κ2) is 55.9. The van der Waals surface area contributed by atoms with Gasteiger partial charge in [-0.3, -0.25) is 23.4 Å². The summed E-state index contributed by atoms with van der Waals surface area (Å²) in [7, 11) is -4.77. The SMILES string of the molecule is CC/C=C\C/C=C\C/C=C\C/C=C\C/C=C\CCCC(=O)OC(COC(=O)CCCCCCC/C=C\C/C=C\CCCCC)COP(=O)(O)OCC(CO)OC(=O)CCCCCCCCCCCCCCCCC. The van der Waals surface area contributed by atoms with Crippen molar-refractivity contribution in [2.75, 3.05) is 26.4 Å². The zero-order valence-corrected chi connectivity index (χ0v) is 47.9. The number of phosphoric ester groups is 1. The standard InChI is InChI=1S/C62H107O11P/c1-4-7-10-13-16-19-22-25-28-29-32-35-38-41-44-47-50-53-62(66)73-59(55-69-60(64)51-48-45-42-39-36-33-30-26-23-20-17-14-11-8-5-2)57-71-74(67,68)70-56-58(54-63)72-61(65)52-49-46-43-40-37-34-31-27-24-21-18-15-12-9-6-3/h7,10,16-17,19-20,25-26,28,30,32,35,41,44,58-59,63H,4-6,8-9,11-15,18,21-24,27,29,31,33-34,36-40,42-43,45-57H2,1-3H3,(H,67,68)/b10-7-,19-16-,20-17-,28-25-,30-26-,35-32-,44-41-.